The minimum atomic E-state index is -0.587. The van der Waals surface area contributed by atoms with Crippen LogP contribution in [0.15, 0.2) is 18.2 Å². The quantitative estimate of drug-likeness (QED) is 0.732. The summed E-state index contributed by atoms with van der Waals surface area (Å²) in [5, 5.41) is 9.22. The lowest BCUT2D eigenvalue weighted by molar-refractivity contribution is 0.0722. The predicted molar refractivity (Wildman–Crippen MR) is 54.4 cm³/mol. The lowest BCUT2D eigenvalue weighted by Gasteiger charge is -2.17. The van der Waals surface area contributed by atoms with Gasteiger partial charge < -0.3 is 5.11 Å². The molecule has 1 aromatic rings. The standard InChI is InChI=1S/C12H14O2/c1-8-3-4-9-6-12(2,7-13)11(14)10(9)5-8/h3-5,13H,6-7H2,1-2H3. The summed E-state index contributed by atoms with van der Waals surface area (Å²) >= 11 is 0. The highest BCUT2D eigenvalue weighted by atomic mass is 16.3. The van der Waals surface area contributed by atoms with Crippen molar-refractivity contribution >= 4 is 5.78 Å². The Balaban J connectivity index is 2.51. The highest BCUT2D eigenvalue weighted by Crippen LogP contribution is 2.36. The number of hydrogen-bond acceptors (Lipinski definition) is 2. The SMILES string of the molecule is Cc1ccc2c(c1)C(=O)C(C)(CO)C2. The van der Waals surface area contributed by atoms with E-state index in [4.69, 9.17) is 0 Å². The van der Waals surface area contributed by atoms with E-state index in [1.807, 2.05) is 32.0 Å². The van der Waals surface area contributed by atoms with Crippen molar-refractivity contribution in [2.24, 2.45) is 5.41 Å². The molecule has 0 aromatic heterocycles. The van der Waals surface area contributed by atoms with Crippen LogP contribution in [0.4, 0.5) is 0 Å². The molecule has 1 aliphatic carbocycles. The van der Waals surface area contributed by atoms with Crippen LogP contribution in [-0.2, 0) is 6.42 Å². The van der Waals surface area contributed by atoms with Crippen LogP contribution < -0.4 is 0 Å². The maximum atomic E-state index is 11.9. The molecule has 1 unspecified atom stereocenters. The predicted octanol–water partition coefficient (Wildman–Crippen LogP) is 1.73. The Kier molecular flexibility index (Phi) is 1.96. The molecule has 0 radical (unpaired) electrons. The van der Waals surface area contributed by atoms with Crippen molar-refractivity contribution < 1.29 is 9.90 Å². The fourth-order valence-corrected chi connectivity index (χ4v) is 2.01. The minimum Gasteiger partial charge on any atom is -0.395 e. The Morgan fingerprint density at radius 2 is 2.21 bits per heavy atom. The number of carbonyl (C=O) groups is 1. The monoisotopic (exact) mass is 190 g/mol. The van der Waals surface area contributed by atoms with Gasteiger partial charge in [0.1, 0.15) is 0 Å². The maximum absolute atomic E-state index is 11.9. The molecule has 14 heavy (non-hydrogen) atoms. The van der Waals surface area contributed by atoms with Gasteiger partial charge in [-0.05, 0) is 31.9 Å². The first kappa shape index (κ1) is 9.41. The van der Waals surface area contributed by atoms with Crippen molar-refractivity contribution in [3.05, 3.63) is 34.9 Å². The molecule has 74 valence electrons. The second kappa shape index (κ2) is 2.92. The number of carbonyl (C=O) groups excluding carboxylic acids is 1. The molecule has 0 fully saturated rings. The van der Waals surface area contributed by atoms with E-state index in [-0.39, 0.29) is 12.4 Å². The van der Waals surface area contributed by atoms with Crippen LogP contribution in [0.5, 0.6) is 0 Å². The summed E-state index contributed by atoms with van der Waals surface area (Å²) in [6.07, 6.45) is 0.665. The molecule has 2 heteroatoms. The smallest absolute Gasteiger partial charge is 0.171 e. The van der Waals surface area contributed by atoms with Crippen molar-refractivity contribution in [2.45, 2.75) is 20.3 Å². The fraction of sp³-hybridized carbons (Fsp3) is 0.417. The third kappa shape index (κ3) is 1.18. The van der Waals surface area contributed by atoms with Gasteiger partial charge in [-0.1, -0.05) is 17.7 Å². The molecule has 1 aliphatic rings. The molecule has 2 nitrogen and oxygen atoms in total. The fourth-order valence-electron chi connectivity index (χ4n) is 2.01. The van der Waals surface area contributed by atoms with Crippen molar-refractivity contribution in [3.8, 4) is 0 Å². The molecule has 0 heterocycles. The Hall–Kier alpha value is -1.15. The van der Waals surface area contributed by atoms with E-state index in [1.54, 1.807) is 0 Å². The lowest BCUT2D eigenvalue weighted by Crippen LogP contribution is -2.28. The summed E-state index contributed by atoms with van der Waals surface area (Å²) in [5.41, 5.74) is 2.37. The highest BCUT2D eigenvalue weighted by molar-refractivity contribution is 6.04. The molecule has 0 amide bonds. The number of hydrogen-bond donors (Lipinski definition) is 1. The summed E-state index contributed by atoms with van der Waals surface area (Å²) < 4.78 is 0. The van der Waals surface area contributed by atoms with Crippen molar-refractivity contribution in [1.29, 1.82) is 0 Å². The minimum absolute atomic E-state index is 0.0699. The van der Waals surface area contributed by atoms with Gasteiger partial charge in [0.05, 0.1) is 12.0 Å². The molecular formula is C12H14O2. The van der Waals surface area contributed by atoms with Gasteiger partial charge in [-0.2, -0.15) is 0 Å². The first-order valence-corrected chi connectivity index (χ1v) is 4.82. The first-order chi connectivity index (χ1) is 6.57. The molecule has 0 spiro atoms. The number of ketones is 1. The molecule has 0 bridgehead atoms. The number of aryl methyl sites for hydroxylation is 1. The zero-order chi connectivity index (χ0) is 10.3. The maximum Gasteiger partial charge on any atom is 0.171 e. The van der Waals surface area contributed by atoms with Crippen LogP contribution in [0.1, 0.15) is 28.4 Å². The Morgan fingerprint density at radius 1 is 1.50 bits per heavy atom. The second-order valence-electron chi connectivity index (χ2n) is 4.39. The number of fused-ring (bicyclic) bond motifs is 1. The van der Waals surface area contributed by atoms with Crippen molar-refractivity contribution in [3.63, 3.8) is 0 Å². The summed E-state index contributed by atoms with van der Waals surface area (Å²) in [6.45, 7) is 3.73. The number of rotatable bonds is 1. The highest BCUT2D eigenvalue weighted by Gasteiger charge is 2.40. The topological polar surface area (TPSA) is 37.3 Å². The van der Waals surface area contributed by atoms with Crippen molar-refractivity contribution in [2.75, 3.05) is 6.61 Å². The van der Waals surface area contributed by atoms with E-state index in [0.717, 1.165) is 16.7 Å². The van der Waals surface area contributed by atoms with E-state index in [9.17, 15) is 9.90 Å². The first-order valence-electron chi connectivity index (χ1n) is 4.82. The van der Waals surface area contributed by atoms with Crippen LogP contribution in [0.2, 0.25) is 0 Å². The Morgan fingerprint density at radius 3 is 2.86 bits per heavy atom. The number of benzene rings is 1. The summed E-state index contributed by atoms with van der Waals surface area (Å²) in [4.78, 5) is 11.9. The van der Waals surface area contributed by atoms with Crippen LogP contribution in [0.25, 0.3) is 0 Å². The van der Waals surface area contributed by atoms with Gasteiger partial charge in [-0.25, -0.2) is 0 Å². The molecule has 0 saturated heterocycles. The molecule has 1 aromatic carbocycles. The van der Waals surface area contributed by atoms with Crippen LogP contribution in [0.3, 0.4) is 0 Å². The van der Waals surface area contributed by atoms with Gasteiger partial charge in [0, 0.05) is 5.56 Å². The van der Waals surface area contributed by atoms with Crippen LogP contribution in [0, 0.1) is 12.3 Å². The molecule has 1 atom stereocenters. The van der Waals surface area contributed by atoms with Gasteiger partial charge >= 0.3 is 0 Å². The van der Waals surface area contributed by atoms with Gasteiger partial charge in [0.15, 0.2) is 5.78 Å². The zero-order valence-electron chi connectivity index (χ0n) is 8.50. The lowest BCUT2D eigenvalue weighted by atomic mass is 9.87. The van der Waals surface area contributed by atoms with E-state index in [2.05, 4.69) is 0 Å². The van der Waals surface area contributed by atoms with E-state index in [1.165, 1.54) is 0 Å². The third-order valence-electron chi connectivity index (χ3n) is 2.99. The number of aliphatic hydroxyl groups is 1. The van der Waals surface area contributed by atoms with Crippen LogP contribution in [-0.4, -0.2) is 17.5 Å². The van der Waals surface area contributed by atoms with Gasteiger partial charge in [-0.15, -0.1) is 0 Å². The number of Topliss-reactive ketones (excluding diaryl/α,β-unsaturated/α-hetero) is 1. The van der Waals surface area contributed by atoms with E-state index in [0.29, 0.717) is 6.42 Å². The molecule has 2 rings (SSSR count). The molecule has 1 N–H and O–H groups in total. The van der Waals surface area contributed by atoms with Gasteiger partial charge in [-0.3, -0.25) is 4.79 Å². The summed E-state index contributed by atoms with van der Waals surface area (Å²) in [6, 6.07) is 5.91. The number of aliphatic hydroxyl groups excluding tert-OH is 1. The Bertz CT molecular complexity index is 395. The van der Waals surface area contributed by atoms with E-state index >= 15 is 0 Å². The molecule has 0 saturated carbocycles. The normalized spacial score (nSPS) is 25.2. The summed E-state index contributed by atoms with van der Waals surface area (Å²) in [5.74, 6) is 0.0821. The third-order valence-corrected chi connectivity index (χ3v) is 2.99. The largest absolute Gasteiger partial charge is 0.395 e. The van der Waals surface area contributed by atoms with Crippen LogP contribution >= 0.6 is 0 Å². The Labute approximate surface area is 83.6 Å². The average Bonchev–Trinajstić information content (AvgIpc) is 2.42. The van der Waals surface area contributed by atoms with Gasteiger partial charge in [0.2, 0.25) is 0 Å². The molecular weight excluding hydrogens is 176 g/mol. The summed E-state index contributed by atoms with van der Waals surface area (Å²) in [7, 11) is 0. The van der Waals surface area contributed by atoms with Crippen molar-refractivity contribution in [1.82, 2.24) is 0 Å². The van der Waals surface area contributed by atoms with E-state index < -0.39 is 5.41 Å². The zero-order valence-corrected chi connectivity index (χ0v) is 8.50. The molecule has 0 aliphatic heterocycles. The van der Waals surface area contributed by atoms with Gasteiger partial charge in [0.25, 0.3) is 0 Å². The second-order valence-corrected chi connectivity index (χ2v) is 4.39. The average molecular weight is 190 g/mol.